The van der Waals surface area contributed by atoms with Gasteiger partial charge in [0.05, 0.1) is 11.6 Å². The van der Waals surface area contributed by atoms with Crippen molar-refractivity contribution in [3.63, 3.8) is 0 Å². The molecule has 0 saturated carbocycles. The molecule has 0 amide bonds. The minimum absolute atomic E-state index is 0.0813. The molecular formula is C13H15Cl2N3O. The van der Waals surface area contributed by atoms with E-state index in [0.29, 0.717) is 23.7 Å². The van der Waals surface area contributed by atoms with Crippen LogP contribution in [0.3, 0.4) is 0 Å². The molecule has 0 aliphatic rings. The summed E-state index contributed by atoms with van der Waals surface area (Å²) in [5.41, 5.74) is 0.703. The Bertz CT molecular complexity index is 583. The summed E-state index contributed by atoms with van der Waals surface area (Å²) in [6.07, 6.45) is 3.66. The van der Waals surface area contributed by atoms with Crippen molar-refractivity contribution >= 4 is 23.2 Å². The summed E-state index contributed by atoms with van der Waals surface area (Å²) >= 11 is 11.8. The van der Waals surface area contributed by atoms with Crippen molar-refractivity contribution in [2.24, 2.45) is 7.05 Å². The summed E-state index contributed by atoms with van der Waals surface area (Å²) in [6, 6.07) is 3.25. The van der Waals surface area contributed by atoms with Crippen LogP contribution in [0.15, 0.2) is 24.5 Å². The maximum Gasteiger partial charge on any atom is 0.138 e. The zero-order chi connectivity index (χ0) is 14.0. The number of aryl methyl sites for hydroxylation is 1. The average Bonchev–Trinajstić information content (AvgIpc) is 2.71. The lowest BCUT2D eigenvalue weighted by Gasteiger charge is -2.17. The van der Waals surface area contributed by atoms with Gasteiger partial charge in [0.15, 0.2) is 0 Å². The van der Waals surface area contributed by atoms with E-state index in [1.807, 2.05) is 29.8 Å². The van der Waals surface area contributed by atoms with Crippen molar-refractivity contribution in [2.45, 2.75) is 13.1 Å². The minimum atomic E-state index is 0.0813. The number of aromatic nitrogens is 2. The predicted molar refractivity (Wildman–Crippen MR) is 76.5 cm³/mol. The van der Waals surface area contributed by atoms with Crippen molar-refractivity contribution in [3.05, 3.63) is 46.0 Å². The quantitative estimate of drug-likeness (QED) is 0.943. The molecule has 2 rings (SSSR count). The molecule has 0 aliphatic carbocycles. The number of aromatic hydroxyl groups is 1. The number of rotatable bonds is 4. The molecule has 2 aromatic rings. The number of halogens is 2. The molecule has 6 heteroatoms. The molecule has 1 aromatic carbocycles. The molecule has 102 valence electrons. The standard InChI is InChI=1S/C13H15Cl2N3O/c1-17(8-12-16-3-4-18(12)2)7-9-5-10(14)6-11(15)13(9)19/h3-6,19H,7-8H2,1-2H3. The van der Waals surface area contributed by atoms with Crippen LogP contribution in [0.2, 0.25) is 10.0 Å². The van der Waals surface area contributed by atoms with Crippen molar-refractivity contribution in [2.75, 3.05) is 7.05 Å². The van der Waals surface area contributed by atoms with Crippen LogP contribution in [0, 0.1) is 0 Å². The van der Waals surface area contributed by atoms with Gasteiger partial charge in [-0.15, -0.1) is 0 Å². The fourth-order valence-electron chi connectivity index (χ4n) is 1.88. The van der Waals surface area contributed by atoms with Gasteiger partial charge in [-0.1, -0.05) is 23.2 Å². The summed E-state index contributed by atoms with van der Waals surface area (Å²) in [6.45, 7) is 1.21. The molecule has 19 heavy (non-hydrogen) atoms. The van der Waals surface area contributed by atoms with Gasteiger partial charge in [0.1, 0.15) is 11.6 Å². The Kier molecular flexibility index (Phi) is 4.34. The molecule has 1 heterocycles. The van der Waals surface area contributed by atoms with Gasteiger partial charge in [-0.25, -0.2) is 4.98 Å². The van der Waals surface area contributed by atoms with Crippen LogP contribution < -0.4 is 0 Å². The molecule has 0 aliphatic heterocycles. The molecule has 0 radical (unpaired) electrons. The fourth-order valence-corrected chi connectivity index (χ4v) is 2.41. The molecule has 0 saturated heterocycles. The summed E-state index contributed by atoms with van der Waals surface area (Å²) in [7, 11) is 3.90. The topological polar surface area (TPSA) is 41.3 Å². The van der Waals surface area contributed by atoms with Gasteiger partial charge in [-0.2, -0.15) is 0 Å². The molecule has 0 unspecified atom stereocenters. The van der Waals surface area contributed by atoms with E-state index in [9.17, 15) is 5.11 Å². The summed E-state index contributed by atoms with van der Waals surface area (Å²) < 4.78 is 1.96. The average molecular weight is 300 g/mol. The van der Waals surface area contributed by atoms with Gasteiger partial charge < -0.3 is 9.67 Å². The normalized spacial score (nSPS) is 11.2. The second-order valence-corrected chi connectivity index (χ2v) is 5.37. The Balaban J connectivity index is 2.11. The lowest BCUT2D eigenvalue weighted by Crippen LogP contribution is -2.19. The van der Waals surface area contributed by atoms with E-state index < -0.39 is 0 Å². The van der Waals surface area contributed by atoms with E-state index in [2.05, 4.69) is 4.98 Å². The summed E-state index contributed by atoms with van der Waals surface area (Å²) in [5.74, 6) is 1.04. The molecule has 0 fully saturated rings. The van der Waals surface area contributed by atoms with Gasteiger partial charge in [-0.3, -0.25) is 4.90 Å². The van der Waals surface area contributed by atoms with Crippen molar-refractivity contribution in [1.29, 1.82) is 0 Å². The van der Waals surface area contributed by atoms with Crippen molar-refractivity contribution in [1.82, 2.24) is 14.5 Å². The van der Waals surface area contributed by atoms with Crippen LogP contribution in [0.25, 0.3) is 0 Å². The van der Waals surface area contributed by atoms with E-state index in [4.69, 9.17) is 23.2 Å². The molecule has 0 bridgehead atoms. The van der Waals surface area contributed by atoms with Crippen LogP contribution in [0.1, 0.15) is 11.4 Å². The Morgan fingerprint density at radius 2 is 2.05 bits per heavy atom. The third-order valence-electron chi connectivity index (χ3n) is 2.88. The van der Waals surface area contributed by atoms with E-state index in [0.717, 1.165) is 5.82 Å². The highest BCUT2D eigenvalue weighted by Gasteiger charge is 2.11. The predicted octanol–water partition coefficient (Wildman–Crippen LogP) is 3.06. The number of hydrogen-bond acceptors (Lipinski definition) is 3. The fraction of sp³-hybridized carbons (Fsp3) is 0.308. The van der Waals surface area contributed by atoms with Gasteiger partial charge in [0.25, 0.3) is 0 Å². The van der Waals surface area contributed by atoms with Gasteiger partial charge in [0, 0.05) is 36.6 Å². The maximum atomic E-state index is 9.91. The first-order valence-electron chi connectivity index (χ1n) is 5.79. The Labute approximate surface area is 122 Å². The minimum Gasteiger partial charge on any atom is -0.506 e. The molecule has 1 N–H and O–H groups in total. The highest BCUT2D eigenvalue weighted by Crippen LogP contribution is 2.31. The van der Waals surface area contributed by atoms with Crippen molar-refractivity contribution < 1.29 is 5.11 Å². The smallest absolute Gasteiger partial charge is 0.138 e. The van der Waals surface area contributed by atoms with Crippen molar-refractivity contribution in [3.8, 4) is 5.75 Å². The third-order valence-corrected chi connectivity index (χ3v) is 3.39. The lowest BCUT2D eigenvalue weighted by molar-refractivity contribution is 0.301. The highest BCUT2D eigenvalue weighted by molar-refractivity contribution is 6.35. The first kappa shape index (κ1) is 14.2. The van der Waals surface area contributed by atoms with Gasteiger partial charge in [-0.05, 0) is 19.2 Å². The van der Waals surface area contributed by atoms with E-state index in [1.54, 1.807) is 12.3 Å². The summed E-state index contributed by atoms with van der Waals surface area (Å²) in [5, 5.41) is 10.7. The number of phenols is 1. The number of hydrogen-bond donors (Lipinski definition) is 1. The van der Waals surface area contributed by atoms with Crippen LogP contribution >= 0.6 is 23.2 Å². The largest absolute Gasteiger partial charge is 0.506 e. The second-order valence-electron chi connectivity index (χ2n) is 4.52. The lowest BCUT2D eigenvalue weighted by atomic mass is 10.2. The SMILES string of the molecule is CN(Cc1cc(Cl)cc(Cl)c1O)Cc1nccn1C. The Morgan fingerprint density at radius 3 is 2.68 bits per heavy atom. The zero-order valence-electron chi connectivity index (χ0n) is 10.8. The number of phenolic OH excluding ortho intramolecular Hbond substituents is 1. The van der Waals surface area contributed by atoms with Crippen LogP contribution in [-0.2, 0) is 20.1 Å². The first-order chi connectivity index (χ1) is 8.97. The molecule has 0 spiro atoms. The molecule has 1 aromatic heterocycles. The van der Waals surface area contributed by atoms with Crippen LogP contribution in [-0.4, -0.2) is 26.6 Å². The Morgan fingerprint density at radius 1 is 1.32 bits per heavy atom. The van der Waals surface area contributed by atoms with Gasteiger partial charge in [0.2, 0.25) is 0 Å². The van der Waals surface area contributed by atoms with Crippen LogP contribution in [0.5, 0.6) is 5.75 Å². The summed E-state index contributed by atoms with van der Waals surface area (Å²) in [4.78, 5) is 6.29. The third kappa shape index (κ3) is 3.41. The number of benzene rings is 1. The number of imidazole rings is 1. The Hall–Kier alpha value is -1.23. The van der Waals surface area contributed by atoms with Gasteiger partial charge >= 0.3 is 0 Å². The molecule has 4 nitrogen and oxygen atoms in total. The molecule has 0 atom stereocenters. The molecular weight excluding hydrogens is 285 g/mol. The number of nitrogens with zero attached hydrogens (tertiary/aromatic N) is 3. The van der Waals surface area contributed by atoms with Crippen LogP contribution in [0.4, 0.5) is 0 Å². The van der Waals surface area contributed by atoms with E-state index >= 15 is 0 Å². The zero-order valence-corrected chi connectivity index (χ0v) is 12.3. The second kappa shape index (κ2) is 5.82. The maximum absolute atomic E-state index is 9.91. The first-order valence-corrected chi connectivity index (χ1v) is 6.54. The monoisotopic (exact) mass is 299 g/mol. The van der Waals surface area contributed by atoms with E-state index in [-0.39, 0.29) is 10.8 Å². The highest BCUT2D eigenvalue weighted by atomic mass is 35.5. The van der Waals surface area contributed by atoms with E-state index in [1.165, 1.54) is 6.07 Å².